The molecule has 0 spiro atoms. The first-order chi connectivity index (χ1) is 21.9. The molecular formula is C34H38N2O9. The molecule has 0 radical (unpaired) electrons. The van der Waals surface area contributed by atoms with E-state index in [1.165, 1.54) is 14.2 Å². The number of rotatable bonds is 9. The van der Waals surface area contributed by atoms with Crippen molar-refractivity contribution in [2.75, 3.05) is 27.4 Å². The normalized spacial score (nSPS) is 22.8. The van der Waals surface area contributed by atoms with Gasteiger partial charge in [0.25, 0.3) is 5.91 Å². The minimum atomic E-state index is -1.24. The van der Waals surface area contributed by atoms with Gasteiger partial charge >= 0.3 is 0 Å². The number of aldehydes is 1. The summed E-state index contributed by atoms with van der Waals surface area (Å²) in [5, 5.41) is 24.9. The Hall–Kier alpha value is -4.35. The van der Waals surface area contributed by atoms with E-state index in [2.05, 4.69) is 5.32 Å². The lowest BCUT2D eigenvalue weighted by molar-refractivity contribution is -0.118. The third-order valence-corrected chi connectivity index (χ3v) is 9.12. The molecule has 0 bridgehead atoms. The number of nitrogens with zero attached hydrogens (tertiary/aromatic N) is 1. The summed E-state index contributed by atoms with van der Waals surface area (Å²) < 4.78 is 23.4. The highest BCUT2D eigenvalue weighted by atomic mass is 16.5. The topological polar surface area (TPSA) is 148 Å². The van der Waals surface area contributed by atoms with Gasteiger partial charge in [0.05, 0.1) is 32.8 Å². The summed E-state index contributed by atoms with van der Waals surface area (Å²) in [5.74, 6) is -0.404. The molecule has 3 aromatic rings. The Kier molecular flexibility index (Phi) is 8.82. The van der Waals surface area contributed by atoms with Crippen molar-refractivity contribution in [3.05, 3.63) is 64.9 Å². The van der Waals surface area contributed by atoms with Crippen molar-refractivity contribution in [1.29, 1.82) is 0 Å². The summed E-state index contributed by atoms with van der Waals surface area (Å²) in [5.41, 5.74) is 1.57. The van der Waals surface area contributed by atoms with Crippen LogP contribution in [0.25, 0.3) is 11.0 Å². The van der Waals surface area contributed by atoms with E-state index in [-0.39, 0.29) is 30.5 Å². The van der Waals surface area contributed by atoms with E-state index in [4.69, 9.17) is 18.6 Å². The van der Waals surface area contributed by atoms with E-state index < -0.39 is 36.0 Å². The van der Waals surface area contributed by atoms with Crippen LogP contribution in [0.1, 0.15) is 70.9 Å². The van der Waals surface area contributed by atoms with Gasteiger partial charge in [-0.25, -0.2) is 0 Å². The van der Waals surface area contributed by atoms with E-state index >= 15 is 0 Å². The number of aliphatic hydroxyl groups excluding tert-OH is 2. The zero-order valence-electron chi connectivity index (χ0n) is 25.4. The molecule has 0 unspecified atom stereocenters. The molecule has 1 aromatic heterocycles. The largest absolute Gasteiger partial charge is 0.493 e. The van der Waals surface area contributed by atoms with E-state index in [1.54, 1.807) is 35.2 Å². The fourth-order valence-electron chi connectivity index (χ4n) is 7.04. The quantitative estimate of drug-likeness (QED) is 0.241. The van der Waals surface area contributed by atoms with Crippen molar-refractivity contribution in [3.63, 3.8) is 0 Å². The Balaban J connectivity index is 1.48. The SMILES string of the molecule is COc1cc(C=O)cc2c1O[C@@H]1[C@@H](O)[C@H](N(C(=O)c3cc4cccc(OC)c4o3)C3CCCCCC3)C=C(C(=O)NCCO)[C@H]21. The molecule has 1 aliphatic heterocycles. The first kappa shape index (κ1) is 30.7. The molecule has 2 amide bonds. The van der Waals surface area contributed by atoms with Crippen LogP contribution in [0, 0.1) is 0 Å². The molecule has 0 saturated heterocycles. The third-order valence-electron chi connectivity index (χ3n) is 9.12. The predicted molar refractivity (Wildman–Crippen MR) is 164 cm³/mol. The molecule has 4 atom stereocenters. The Labute approximate surface area is 260 Å². The Morgan fingerprint density at radius 3 is 2.51 bits per heavy atom. The summed E-state index contributed by atoms with van der Waals surface area (Å²) in [4.78, 5) is 41.7. The molecule has 1 fully saturated rings. The van der Waals surface area contributed by atoms with Gasteiger partial charge in [-0.2, -0.15) is 0 Å². The molecule has 2 heterocycles. The van der Waals surface area contributed by atoms with Gasteiger partial charge in [0, 0.05) is 34.7 Å². The Morgan fingerprint density at radius 2 is 1.82 bits per heavy atom. The number of hydrogen-bond acceptors (Lipinski definition) is 9. The first-order valence-corrected chi connectivity index (χ1v) is 15.4. The van der Waals surface area contributed by atoms with E-state index in [0.717, 1.165) is 38.5 Å². The smallest absolute Gasteiger partial charge is 0.290 e. The number of hydrogen-bond donors (Lipinski definition) is 3. The molecule has 6 rings (SSSR count). The predicted octanol–water partition coefficient (Wildman–Crippen LogP) is 3.75. The van der Waals surface area contributed by atoms with Crippen LogP contribution < -0.4 is 19.5 Å². The van der Waals surface area contributed by atoms with Gasteiger partial charge in [0.15, 0.2) is 28.6 Å². The Bertz CT molecular complexity index is 1620. The fraction of sp³-hybridized carbons (Fsp3) is 0.441. The van der Waals surface area contributed by atoms with Crippen molar-refractivity contribution < 1.29 is 43.2 Å². The lowest BCUT2D eigenvalue weighted by atomic mass is 9.76. The van der Waals surface area contributed by atoms with Crippen molar-refractivity contribution in [3.8, 4) is 17.2 Å². The Morgan fingerprint density at radius 1 is 1.07 bits per heavy atom. The van der Waals surface area contributed by atoms with Gasteiger partial charge < -0.3 is 39.1 Å². The number of furan rings is 1. The van der Waals surface area contributed by atoms with Gasteiger partial charge in [0.2, 0.25) is 5.91 Å². The number of carbonyl (C=O) groups is 3. The number of benzene rings is 2. The number of ether oxygens (including phenoxy) is 3. The number of nitrogens with one attached hydrogen (secondary N) is 1. The maximum atomic E-state index is 14.5. The molecule has 238 valence electrons. The molecule has 2 aliphatic carbocycles. The van der Waals surface area contributed by atoms with Gasteiger partial charge in [-0.3, -0.25) is 14.4 Å². The zero-order valence-corrected chi connectivity index (χ0v) is 25.4. The number of amides is 2. The van der Waals surface area contributed by atoms with Crippen LogP contribution in [0.3, 0.4) is 0 Å². The van der Waals surface area contributed by atoms with Crippen LogP contribution in [0.2, 0.25) is 0 Å². The highest BCUT2D eigenvalue weighted by Crippen LogP contribution is 2.51. The van der Waals surface area contributed by atoms with Crippen molar-refractivity contribution in [2.24, 2.45) is 0 Å². The van der Waals surface area contributed by atoms with E-state index in [0.29, 0.717) is 45.6 Å². The average Bonchev–Trinajstić information content (AvgIpc) is 3.58. The second kappa shape index (κ2) is 12.9. The summed E-state index contributed by atoms with van der Waals surface area (Å²) in [6.07, 6.45) is 5.49. The monoisotopic (exact) mass is 618 g/mol. The molecule has 2 aromatic carbocycles. The molecule has 11 heteroatoms. The maximum Gasteiger partial charge on any atom is 0.290 e. The number of para-hydroxylation sites is 1. The molecule has 11 nitrogen and oxygen atoms in total. The van der Waals surface area contributed by atoms with E-state index in [1.807, 2.05) is 12.1 Å². The van der Waals surface area contributed by atoms with Crippen molar-refractivity contribution in [2.45, 2.75) is 68.7 Å². The lowest BCUT2D eigenvalue weighted by Gasteiger charge is -2.43. The van der Waals surface area contributed by atoms with Gasteiger partial charge in [-0.15, -0.1) is 0 Å². The average molecular weight is 619 g/mol. The molecule has 3 N–H and O–H groups in total. The summed E-state index contributed by atoms with van der Waals surface area (Å²) in [6.45, 7) is -0.254. The minimum Gasteiger partial charge on any atom is -0.493 e. The third kappa shape index (κ3) is 5.55. The number of aliphatic hydroxyl groups is 2. The number of methoxy groups -OCH3 is 2. The minimum absolute atomic E-state index is 0.0122. The highest BCUT2D eigenvalue weighted by molar-refractivity contribution is 5.99. The molecule has 45 heavy (non-hydrogen) atoms. The number of fused-ring (bicyclic) bond motifs is 4. The summed E-state index contributed by atoms with van der Waals surface area (Å²) >= 11 is 0. The zero-order chi connectivity index (χ0) is 31.7. The van der Waals surface area contributed by atoms with Crippen LogP contribution in [0.15, 0.2) is 52.5 Å². The second-order valence-electron chi connectivity index (χ2n) is 11.7. The van der Waals surface area contributed by atoms with Gasteiger partial charge in [-0.05, 0) is 43.2 Å². The standard InChI is InChI=1S/C34H38N2O9/c1-42-25-11-7-8-20-16-27(44-30(20)25)34(41)36(21-9-5-3-4-6-10-21)24-17-23(33(40)35-12-13-37)28-22-14-19(18-38)15-26(43-2)31(22)45-32(28)29(24)39/h7-8,11,14-18,21,24,28-29,32,37,39H,3-6,9-10,12-13H2,1-2H3,(H,35,40)/t24-,28+,29+,32+/m1/s1. The van der Waals surface area contributed by atoms with Crippen molar-refractivity contribution in [1.82, 2.24) is 10.2 Å². The van der Waals surface area contributed by atoms with Crippen LogP contribution in [0.5, 0.6) is 17.2 Å². The fourth-order valence-corrected chi connectivity index (χ4v) is 7.04. The van der Waals surface area contributed by atoms with Gasteiger partial charge in [0.1, 0.15) is 18.5 Å². The van der Waals surface area contributed by atoms with Crippen LogP contribution in [-0.4, -0.2) is 84.9 Å². The summed E-state index contributed by atoms with van der Waals surface area (Å²) in [7, 11) is 2.99. The van der Waals surface area contributed by atoms with Crippen LogP contribution in [-0.2, 0) is 4.79 Å². The van der Waals surface area contributed by atoms with Crippen molar-refractivity contribution >= 4 is 29.1 Å². The van der Waals surface area contributed by atoms with Crippen LogP contribution >= 0.6 is 0 Å². The lowest BCUT2D eigenvalue weighted by Crippen LogP contribution is -2.58. The molecular weight excluding hydrogens is 580 g/mol. The second-order valence-corrected chi connectivity index (χ2v) is 11.7. The molecule has 1 saturated carbocycles. The van der Waals surface area contributed by atoms with Gasteiger partial charge in [-0.1, -0.05) is 37.8 Å². The number of carbonyl (C=O) groups excluding carboxylic acids is 3. The van der Waals surface area contributed by atoms with Crippen LogP contribution in [0.4, 0.5) is 0 Å². The van der Waals surface area contributed by atoms with E-state index in [9.17, 15) is 24.6 Å². The summed E-state index contributed by atoms with van der Waals surface area (Å²) in [6, 6.07) is 9.08. The highest BCUT2D eigenvalue weighted by Gasteiger charge is 2.52. The molecule has 3 aliphatic rings. The first-order valence-electron chi connectivity index (χ1n) is 15.4. The maximum absolute atomic E-state index is 14.5.